The van der Waals surface area contributed by atoms with Gasteiger partial charge in [0, 0.05) is 17.9 Å². The summed E-state index contributed by atoms with van der Waals surface area (Å²) in [5.74, 6) is -0.169. The molecule has 0 unspecified atom stereocenters. The van der Waals surface area contributed by atoms with Crippen molar-refractivity contribution in [1.82, 2.24) is 10.3 Å². The number of carbonyl (C=O) groups is 1. The van der Waals surface area contributed by atoms with E-state index in [-0.39, 0.29) is 30.7 Å². The normalized spacial score (nSPS) is 12.4. The second-order valence-electron chi connectivity index (χ2n) is 5.03. The Kier molecular flexibility index (Phi) is 6.81. The number of amides is 1. The molecule has 1 aliphatic heterocycles. The van der Waals surface area contributed by atoms with Crippen LogP contribution in [0.15, 0.2) is 36.4 Å². The van der Waals surface area contributed by atoms with Gasteiger partial charge in [-0.05, 0) is 55.3 Å². The molecule has 0 radical (unpaired) electrons. The lowest BCUT2D eigenvalue weighted by Gasteiger charge is -2.18. The fourth-order valence-corrected chi connectivity index (χ4v) is 2.42. The monoisotopic (exact) mass is 339 g/mol. The predicted octanol–water partition coefficient (Wildman–Crippen LogP) is 3.13. The topological polar surface area (TPSA) is 54.0 Å². The third kappa shape index (κ3) is 4.19. The van der Waals surface area contributed by atoms with E-state index in [2.05, 4.69) is 21.7 Å². The summed E-state index contributed by atoms with van der Waals surface area (Å²) in [5, 5.41) is 6.24. The van der Waals surface area contributed by atoms with Crippen LogP contribution in [-0.4, -0.2) is 17.4 Å². The Morgan fingerprint density at radius 3 is 2.77 bits per heavy atom. The molecular weight excluding hydrogens is 321 g/mol. The number of pyridine rings is 1. The first-order valence-corrected chi connectivity index (χ1v) is 6.80. The molecule has 0 bridgehead atoms. The number of aromatic nitrogens is 1. The van der Waals surface area contributed by atoms with Crippen molar-refractivity contribution in [2.24, 2.45) is 0 Å². The minimum atomic E-state index is -0.169. The molecule has 118 valence electrons. The molecule has 0 fully saturated rings. The minimum absolute atomic E-state index is 0. The summed E-state index contributed by atoms with van der Waals surface area (Å²) in [7, 11) is 0. The van der Waals surface area contributed by atoms with Gasteiger partial charge in [-0.3, -0.25) is 4.79 Å². The van der Waals surface area contributed by atoms with Crippen molar-refractivity contribution in [3.05, 3.63) is 58.9 Å². The minimum Gasteiger partial charge on any atom is -0.321 e. The molecule has 0 spiro atoms. The van der Waals surface area contributed by atoms with Gasteiger partial charge >= 0.3 is 0 Å². The highest BCUT2D eigenvalue weighted by molar-refractivity contribution is 6.02. The van der Waals surface area contributed by atoms with Gasteiger partial charge in [0.1, 0.15) is 5.69 Å². The van der Waals surface area contributed by atoms with Crippen molar-refractivity contribution >= 4 is 36.4 Å². The first kappa shape index (κ1) is 18.4. The van der Waals surface area contributed by atoms with Gasteiger partial charge in [-0.1, -0.05) is 12.1 Å². The fourth-order valence-electron chi connectivity index (χ4n) is 2.42. The lowest BCUT2D eigenvalue weighted by atomic mass is 10.0. The molecule has 6 heteroatoms. The maximum atomic E-state index is 12.1. The Bertz CT molecular complexity index is 662. The number of halogens is 2. The summed E-state index contributed by atoms with van der Waals surface area (Å²) < 4.78 is 0. The average molecular weight is 340 g/mol. The van der Waals surface area contributed by atoms with Crippen LogP contribution in [0.2, 0.25) is 0 Å². The second-order valence-corrected chi connectivity index (χ2v) is 5.03. The van der Waals surface area contributed by atoms with E-state index in [1.165, 1.54) is 11.1 Å². The van der Waals surface area contributed by atoms with Gasteiger partial charge in [0.15, 0.2) is 0 Å². The molecule has 22 heavy (non-hydrogen) atoms. The van der Waals surface area contributed by atoms with Gasteiger partial charge in [0.25, 0.3) is 5.91 Å². The van der Waals surface area contributed by atoms with Gasteiger partial charge in [0.05, 0.1) is 0 Å². The first-order valence-electron chi connectivity index (χ1n) is 6.80. The van der Waals surface area contributed by atoms with Crippen LogP contribution in [0.5, 0.6) is 0 Å². The molecule has 0 saturated heterocycles. The molecule has 1 aliphatic rings. The summed E-state index contributed by atoms with van der Waals surface area (Å²) in [6, 6.07) is 11.5. The number of anilines is 1. The molecule has 2 N–H and O–H groups in total. The van der Waals surface area contributed by atoms with E-state index >= 15 is 0 Å². The van der Waals surface area contributed by atoms with Crippen molar-refractivity contribution in [3.63, 3.8) is 0 Å². The van der Waals surface area contributed by atoms with Gasteiger partial charge < -0.3 is 10.6 Å². The third-order valence-electron chi connectivity index (χ3n) is 3.47. The number of nitrogens with one attached hydrogen (secondary N) is 2. The van der Waals surface area contributed by atoms with Crippen molar-refractivity contribution < 1.29 is 4.79 Å². The molecule has 2 aromatic rings. The molecule has 2 heterocycles. The van der Waals surface area contributed by atoms with Crippen LogP contribution in [0.25, 0.3) is 0 Å². The zero-order chi connectivity index (χ0) is 13.9. The molecule has 3 rings (SSSR count). The van der Waals surface area contributed by atoms with E-state index in [9.17, 15) is 4.79 Å². The van der Waals surface area contributed by atoms with Crippen molar-refractivity contribution in [1.29, 1.82) is 0 Å². The smallest absolute Gasteiger partial charge is 0.274 e. The predicted molar refractivity (Wildman–Crippen MR) is 93.3 cm³/mol. The number of carbonyl (C=O) groups excluding carboxylic acids is 1. The number of aryl methyl sites for hydroxylation is 1. The Morgan fingerprint density at radius 2 is 2.00 bits per heavy atom. The molecule has 1 amide bonds. The van der Waals surface area contributed by atoms with Crippen LogP contribution in [-0.2, 0) is 13.0 Å². The molecule has 0 atom stereocenters. The van der Waals surface area contributed by atoms with Gasteiger partial charge in [-0.15, -0.1) is 24.8 Å². The number of hydrogen-bond donors (Lipinski definition) is 2. The Hall–Kier alpha value is -1.62. The van der Waals surface area contributed by atoms with Crippen molar-refractivity contribution in [2.75, 3.05) is 11.9 Å². The lowest BCUT2D eigenvalue weighted by Crippen LogP contribution is -2.23. The maximum Gasteiger partial charge on any atom is 0.274 e. The van der Waals surface area contributed by atoms with Gasteiger partial charge in [-0.25, -0.2) is 4.98 Å². The van der Waals surface area contributed by atoms with Gasteiger partial charge in [0.2, 0.25) is 0 Å². The number of rotatable bonds is 2. The quantitative estimate of drug-likeness (QED) is 0.883. The fraction of sp³-hybridized carbons (Fsp3) is 0.250. The van der Waals surface area contributed by atoms with E-state index in [1.807, 2.05) is 31.2 Å². The number of hydrogen-bond acceptors (Lipinski definition) is 3. The Morgan fingerprint density at radius 1 is 1.18 bits per heavy atom. The highest BCUT2D eigenvalue weighted by atomic mass is 35.5. The Labute approximate surface area is 142 Å². The highest BCUT2D eigenvalue weighted by Crippen LogP contribution is 2.19. The zero-order valence-corrected chi connectivity index (χ0v) is 13.9. The summed E-state index contributed by atoms with van der Waals surface area (Å²) in [6.45, 7) is 3.76. The van der Waals surface area contributed by atoms with Gasteiger partial charge in [-0.2, -0.15) is 0 Å². The molecule has 1 aromatic carbocycles. The van der Waals surface area contributed by atoms with Crippen LogP contribution >= 0.6 is 24.8 Å². The van der Waals surface area contributed by atoms with Crippen LogP contribution in [0.4, 0.5) is 5.69 Å². The van der Waals surface area contributed by atoms with E-state index in [4.69, 9.17) is 0 Å². The Balaban J connectivity index is 0.00000121. The third-order valence-corrected chi connectivity index (χ3v) is 3.47. The van der Waals surface area contributed by atoms with E-state index < -0.39 is 0 Å². The number of benzene rings is 1. The van der Waals surface area contributed by atoms with E-state index in [0.29, 0.717) is 5.69 Å². The van der Waals surface area contributed by atoms with Crippen LogP contribution < -0.4 is 10.6 Å². The number of fused-ring (bicyclic) bond motifs is 1. The summed E-state index contributed by atoms with van der Waals surface area (Å²) in [4.78, 5) is 16.4. The second kappa shape index (κ2) is 8.13. The molecule has 4 nitrogen and oxygen atoms in total. The van der Waals surface area contributed by atoms with Crippen LogP contribution in [0.1, 0.15) is 27.3 Å². The van der Waals surface area contributed by atoms with E-state index in [0.717, 1.165) is 30.9 Å². The standard InChI is InChI=1S/C16H17N3O.2ClH/c1-11-3-2-4-15(18-11)16(20)19-14-6-5-12-7-8-17-10-13(12)9-14;;/h2-6,9,17H,7-8,10H2,1H3,(H,19,20);2*1H. The summed E-state index contributed by atoms with van der Waals surface area (Å²) in [6.07, 6.45) is 1.04. The zero-order valence-electron chi connectivity index (χ0n) is 12.3. The van der Waals surface area contributed by atoms with Crippen LogP contribution in [0, 0.1) is 6.92 Å². The van der Waals surface area contributed by atoms with Crippen molar-refractivity contribution in [3.8, 4) is 0 Å². The van der Waals surface area contributed by atoms with Crippen LogP contribution in [0.3, 0.4) is 0 Å². The number of nitrogens with zero attached hydrogens (tertiary/aromatic N) is 1. The summed E-state index contributed by atoms with van der Waals surface area (Å²) >= 11 is 0. The maximum absolute atomic E-state index is 12.1. The molecular formula is C16H19Cl2N3O. The molecule has 0 saturated carbocycles. The largest absolute Gasteiger partial charge is 0.321 e. The van der Waals surface area contributed by atoms with E-state index in [1.54, 1.807) is 6.07 Å². The summed E-state index contributed by atoms with van der Waals surface area (Å²) in [5.41, 5.74) is 4.72. The first-order chi connectivity index (χ1) is 9.72. The average Bonchev–Trinajstić information content (AvgIpc) is 2.47. The SMILES string of the molecule is Cc1cccc(C(=O)Nc2ccc3c(c2)CNCC3)n1.Cl.Cl. The van der Waals surface area contributed by atoms with Crippen molar-refractivity contribution in [2.45, 2.75) is 19.9 Å². The highest BCUT2D eigenvalue weighted by Gasteiger charge is 2.11. The lowest BCUT2D eigenvalue weighted by molar-refractivity contribution is 0.102. The molecule has 1 aromatic heterocycles. The molecule has 0 aliphatic carbocycles.